The largest absolute Gasteiger partial charge is 0.455 e. The predicted molar refractivity (Wildman–Crippen MR) is 117 cm³/mol. The number of aryl methyl sites for hydroxylation is 1. The summed E-state index contributed by atoms with van der Waals surface area (Å²) in [5, 5.41) is 11.0. The van der Waals surface area contributed by atoms with E-state index < -0.39 is 0 Å². The van der Waals surface area contributed by atoms with Crippen LogP contribution in [0, 0.1) is 6.92 Å². The molecule has 0 atom stereocenters. The van der Waals surface area contributed by atoms with Crippen molar-refractivity contribution in [3.8, 4) is 23.0 Å². The quantitative estimate of drug-likeness (QED) is 0.493. The van der Waals surface area contributed by atoms with Gasteiger partial charge in [-0.25, -0.2) is 4.98 Å². The van der Waals surface area contributed by atoms with Crippen LogP contribution >= 0.6 is 0 Å². The molecule has 0 aliphatic rings. The minimum absolute atomic E-state index is 0.191. The number of amides is 1. The Morgan fingerprint density at radius 2 is 2.00 bits per heavy atom. The maximum absolute atomic E-state index is 12.9. The molecular formula is C23H22N6O2. The maximum Gasteiger partial charge on any atom is 0.256 e. The van der Waals surface area contributed by atoms with E-state index in [-0.39, 0.29) is 11.9 Å². The molecule has 0 radical (unpaired) electrons. The van der Waals surface area contributed by atoms with Gasteiger partial charge in [0.15, 0.2) is 5.82 Å². The highest BCUT2D eigenvalue weighted by Crippen LogP contribution is 2.26. The van der Waals surface area contributed by atoms with E-state index >= 15 is 0 Å². The van der Waals surface area contributed by atoms with Gasteiger partial charge in [0.25, 0.3) is 5.91 Å². The second-order valence-electron chi connectivity index (χ2n) is 7.29. The van der Waals surface area contributed by atoms with Gasteiger partial charge in [0, 0.05) is 17.8 Å². The van der Waals surface area contributed by atoms with Crippen molar-refractivity contribution < 1.29 is 9.53 Å². The van der Waals surface area contributed by atoms with E-state index in [1.54, 1.807) is 43.0 Å². The number of anilines is 1. The zero-order valence-electron chi connectivity index (χ0n) is 17.5. The second-order valence-corrected chi connectivity index (χ2v) is 7.29. The fourth-order valence-corrected chi connectivity index (χ4v) is 3.01. The van der Waals surface area contributed by atoms with Gasteiger partial charge in [-0.1, -0.05) is 12.1 Å². The molecule has 4 rings (SSSR count). The fraction of sp³-hybridized carbons (Fsp3) is 0.174. The molecule has 0 fully saturated rings. The van der Waals surface area contributed by atoms with Crippen LogP contribution in [0.15, 0.2) is 67.3 Å². The number of rotatable bonds is 6. The number of nitrogens with zero attached hydrogens (tertiary/aromatic N) is 5. The number of pyridine rings is 2. The summed E-state index contributed by atoms with van der Waals surface area (Å²) in [4.78, 5) is 21.4. The summed E-state index contributed by atoms with van der Waals surface area (Å²) < 4.78 is 7.80. The van der Waals surface area contributed by atoms with Crippen molar-refractivity contribution >= 4 is 11.7 Å². The molecule has 4 aromatic rings. The third kappa shape index (κ3) is 4.58. The van der Waals surface area contributed by atoms with E-state index in [0.717, 1.165) is 5.56 Å². The molecule has 0 aliphatic carbocycles. The zero-order chi connectivity index (χ0) is 21.8. The van der Waals surface area contributed by atoms with Gasteiger partial charge in [-0.15, -0.1) is 10.2 Å². The summed E-state index contributed by atoms with van der Waals surface area (Å²) in [6.07, 6.45) is 4.97. The summed E-state index contributed by atoms with van der Waals surface area (Å²) >= 11 is 0. The van der Waals surface area contributed by atoms with E-state index in [9.17, 15) is 4.79 Å². The third-order valence-electron chi connectivity index (χ3n) is 4.66. The number of hydrogen-bond donors (Lipinski definition) is 1. The SMILES string of the molecule is Cc1ccc(C(=O)Nc2cccc(-c3nncn3C(C)C)n2)cc1Oc1cccnc1. The highest BCUT2D eigenvalue weighted by molar-refractivity contribution is 6.04. The van der Waals surface area contributed by atoms with Gasteiger partial charge in [-0.2, -0.15) is 0 Å². The molecule has 31 heavy (non-hydrogen) atoms. The number of hydrogen-bond acceptors (Lipinski definition) is 6. The Morgan fingerprint density at radius 3 is 2.77 bits per heavy atom. The molecule has 8 heteroatoms. The molecule has 0 aliphatic heterocycles. The maximum atomic E-state index is 12.9. The first kappa shape index (κ1) is 20.2. The number of aromatic nitrogens is 5. The number of nitrogens with one attached hydrogen (secondary N) is 1. The minimum Gasteiger partial charge on any atom is -0.455 e. The molecule has 3 heterocycles. The second kappa shape index (κ2) is 8.74. The molecule has 3 aromatic heterocycles. The summed E-state index contributed by atoms with van der Waals surface area (Å²) in [7, 11) is 0. The fourth-order valence-electron chi connectivity index (χ4n) is 3.01. The van der Waals surface area contributed by atoms with Gasteiger partial charge in [0.05, 0.1) is 6.20 Å². The van der Waals surface area contributed by atoms with Crippen LogP contribution in [0.4, 0.5) is 5.82 Å². The van der Waals surface area contributed by atoms with Crippen molar-refractivity contribution in [2.24, 2.45) is 0 Å². The monoisotopic (exact) mass is 414 g/mol. The van der Waals surface area contributed by atoms with Crippen LogP contribution < -0.4 is 10.1 Å². The third-order valence-corrected chi connectivity index (χ3v) is 4.66. The molecule has 1 aromatic carbocycles. The van der Waals surface area contributed by atoms with Crippen molar-refractivity contribution in [1.82, 2.24) is 24.7 Å². The number of benzene rings is 1. The Labute approximate surface area is 180 Å². The molecule has 1 amide bonds. The smallest absolute Gasteiger partial charge is 0.256 e. The first-order valence-corrected chi connectivity index (χ1v) is 9.88. The summed E-state index contributed by atoms with van der Waals surface area (Å²) in [5.74, 6) is 1.98. The molecule has 156 valence electrons. The molecule has 0 bridgehead atoms. The van der Waals surface area contributed by atoms with Gasteiger partial charge < -0.3 is 14.6 Å². The van der Waals surface area contributed by atoms with Crippen LogP contribution in [-0.2, 0) is 0 Å². The summed E-state index contributed by atoms with van der Waals surface area (Å²) in [6.45, 7) is 6.01. The Morgan fingerprint density at radius 1 is 1.13 bits per heavy atom. The molecule has 0 saturated carbocycles. The van der Waals surface area contributed by atoms with Crippen LogP contribution in [-0.4, -0.2) is 30.6 Å². The molecule has 0 unspecified atom stereocenters. The highest BCUT2D eigenvalue weighted by Gasteiger charge is 2.14. The molecule has 0 saturated heterocycles. The van der Waals surface area contributed by atoms with E-state index in [0.29, 0.717) is 34.4 Å². The first-order chi connectivity index (χ1) is 15.0. The Hall–Kier alpha value is -4.07. The summed E-state index contributed by atoms with van der Waals surface area (Å²) in [6, 6.07) is 14.5. The van der Waals surface area contributed by atoms with Crippen LogP contribution in [0.1, 0.15) is 35.8 Å². The van der Waals surface area contributed by atoms with Crippen LogP contribution in [0.3, 0.4) is 0 Å². The predicted octanol–water partition coefficient (Wildman–Crippen LogP) is 4.67. The number of carbonyl (C=O) groups excluding carboxylic acids is 1. The first-order valence-electron chi connectivity index (χ1n) is 9.88. The lowest BCUT2D eigenvalue weighted by Crippen LogP contribution is -2.13. The van der Waals surface area contributed by atoms with Crippen LogP contribution in [0.25, 0.3) is 11.5 Å². The van der Waals surface area contributed by atoms with Gasteiger partial charge in [-0.3, -0.25) is 9.78 Å². The highest BCUT2D eigenvalue weighted by atomic mass is 16.5. The molecule has 1 N–H and O–H groups in total. The minimum atomic E-state index is -0.286. The Kier molecular flexibility index (Phi) is 5.70. The average Bonchev–Trinajstić information content (AvgIpc) is 3.27. The van der Waals surface area contributed by atoms with E-state index in [4.69, 9.17) is 4.74 Å². The van der Waals surface area contributed by atoms with Gasteiger partial charge in [-0.05, 0) is 62.7 Å². The number of ether oxygens (including phenoxy) is 1. The number of carbonyl (C=O) groups is 1. The lowest BCUT2D eigenvalue weighted by molar-refractivity contribution is 0.102. The van der Waals surface area contributed by atoms with E-state index in [2.05, 4.69) is 25.5 Å². The van der Waals surface area contributed by atoms with Crippen molar-refractivity contribution in [2.75, 3.05) is 5.32 Å². The molecule has 0 spiro atoms. The van der Waals surface area contributed by atoms with Gasteiger partial charge in [0.2, 0.25) is 0 Å². The standard InChI is InChI=1S/C23H22N6O2/c1-15(2)29-14-25-28-22(29)19-7-4-8-21(26-19)27-23(30)17-10-9-16(3)20(12-17)31-18-6-5-11-24-13-18/h4-15H,1-3H3,(H,26,27,30). The van der Waals surface area contributed by atoms with E-state index in [1.807, 2.05) is 49.6 Å². The lowest BCUT2D eigenvalue weighted by atomic mass is 10.1. The van der Waals surface area contributed by atoms with Gasteiger partial charge >= 0.3 is 0 Å². The van der Waals surface area contributed by atoms with E-state index in [1.165, 1.54) is 0 Å². The van der Waals surface area contributed by atoms with Crippen molar-refractivity contribution in [2.45, 2.75) is 26.8 Å². The van der Waals surface area contributed by atoms with Crippen molar-refractivity contribution in [3.05, 3.63) is 78.4 Å². The Balaban J connectivity index is 1.55. The van der Waals surface area contributed by atoms with Crippen LogP contribution in [0.2, 0.25) is 0 Å². The molecular weight excluding hydrogens is 392 g/mol. The zero-order valence-corrected chi connectivity index (χ0v) is 17.5. The van der Waals surface area contributed by atoms with Crippen molar-refractivity contribution in [1.29, 1.82) is 0 Å². The van der Waals surface area contributed by atoms with Crippen molar-refractivity contribution in [3.63, 3.8) is 0 Å². The normalized spacial score (nSPS) is 10.8. The van der Waals surface area contributed by atoms with Crippen LogP contribution in [0.5, 0.6) is 11.5 Å². The average molecular weight is 414 g/mol. The lowest BCUT2D eigenvalue weighted by Gasteiger charge is -2.12. The van der Waals surface area contributed by atoms with Gasteiger partial charge in [0.1, 0.15) is 29.3 Å². The topological polar surface area (TPSA) is 94.8 Å². The Bertz CT molecular complexity index is 1200. The summed E-state index contributed by atoms with van der Waals surface area (Å²) in [5.41, 5.74) is 2.00. The molecule has 8 nitrogen and oxygen atoms in total.